The number of hydrogen-bond donors (Lipinski definition) is 0. The number of hydrogen-bond acceptors (Lipinski definition) is 6. The van der Waals surface area contributed by atoms with Gasteiger partial charge in [-0.2, -0.15) is 4.98 Å². The van der Waals surface area contributed by atoms with Crippen LogP contribution >= 0.6 is 0 Å². The van der Waals surface area contributed by atoms with Gasteiger partial charge in [0.15, 0.2) is 0 Å². The van der Waals surface area contributed by atoms with E-state index in [-0.39, 0.29) is 36.1 Å². The van der Waals surface area contributed by atoms with Gasteiger partial charge in [0, 0.05) is 37.9 Å². The maximum Gasteiger partial charge on any atom is 0.410 e. The van der Waals surface area contributed by atoms with E-state index in [9.17, 15) is 4.79 Å². The highest BCUT2D eigenvalue weighted by Gasteiger charge is 2.27. The summed E-state index contributed by atoms with van der Waals surface area (Å²) in [5.41, 5.74) is 1.58. The first kappa shape index (κ1) is 29.8. The summed E-state index contributed by atoms with van der Waals surface area (Å²) in [4.78, 5) is 20.4. The summed E-state index contributed by atoms with van der Waals surface area (Å²) in [6, 6.07) is 24.8. The number of carbonyl (C=O) groups is 1. The molecule has 1 aliphatic rings. The molecule has 0 atom stereocenters. The molecular formula is C34H35F2N3O4. The number of nitrogens with zero attached hydrogens (tertiary/aromatic N) is 3. The molecule has 224 valence electrons. The molecule has 1 aliphatic heterocycles. The highest BCUT2D eigenvalue weighted by atomic mass is 19.1. The van der Waals surface area contributed by atoms with Crippen molar-refractivity contribution in [1.82, 2.24) is 9.88 Å². The Hall–Kier alpha value is -4.66. The second kappa shape index (κ2) is 13.1. The van der Waals surface area contributed by atoms with Gasteiger partial charge in [-0.25, -0.2) is 13.6 Å². The molecular weight excluding hydrogens is 552 g/mol. The van der Waals surface area contributed by atoms with E-state index >= 15 is 8.78 Å². The Bertz CT molecular complexity index is 1510. The summed E-state index contributed by atoms with van der Waals surface area (Å²) in [5.74, 6) is -1.15. The summed E-state index contributed by atoms with van der Waals surface area (Å²) in [6.45, 7) is 7.47. The van der Waals surface area contributed by atoms with Crippen LogP contribution in [0.5, 0.6) is 11.8 Å². The van der Waals surface area contributed by atoms with Gasteiger partial charge < -0.3 is 24.0 Å². The van der Waals surface area contributed by atoms with Crippen molar-refractivity contribution in [2.75, 3.05) is 31.1 Å². The second-order valence-corrected chi connectivity index (χ2v) is 11.3. The van der Waals surface area contributed by atoms with Crippen LogP contribution in [0.25, 0.3) is 11.1 Å². The minimum atomic E-state index is -0.742. The fourth-order valence-corrected chi connectivity index (χ4v) is 4.73. The summed E-state index contributed by atoms with van der Waals surface area (Å²) in [7, 11) is 0. The minimum Gasteiger partial charge on any atom is -0.473 e. The molecule has 1 amide bonds. The van der Waals surface area contributed by atoms with Crippen LogP contribution in [0.3, 0.4) is 0 Å². The molecule has 5 rings (SSSR count). The monoisotopic (exact) mass is 587 g/mol. The summed E-state index contributed by atoms with van der Waals surface area (Å²) >= 11 is 0. The average molecular weight is 588 g/mol. The van der Waals surface area contributed by atoms with E-state index in [2.05, 4.69) is 4.98 Å². The number of rotatable bonds is 8. The number of ether oxygens (including phenoxy) is 3. The number of pyridine rings is 1. The molecule has 0 unspecified atom stereocenters. The van der Waals surface area contributed by atoms with E-state index in [1.165, 1.54) is 12.1 Å². The standard InChI is InChI=1S/C34H35F2N3O4/c1-34(2,3)43-33(40)39-18-16-38(17-19-39)26-20-28(35)31(29(36)21-26)27-14-15-30(41-22-24-10-6-4-7-11-24)37-32(27)42-23-25-12-8-5-9-13-25/h4-15,20-21H,16-19,22-23H2,1-3H3. The SMILES string of the molecule is CC(C)(C)OC(=O)N1CCN(c2cc(F)c(-c3ccc(OCc4ccccc4)nc3OCc3ccccc3)c(F)c2)CC1. The Balaban J connectivity index is 1.36. The molecule has 7 nitrogen and oxygen atoms in total. The summed E-state index contributed by atoms with van der Waals surface area (Å²) in [6.07, 6.45) is -0.397. The molecule has 0 spiro atoms. The first-order valence-corrected chi connectivity index (χ1v) is 14.2. The van der Waals surface area contributed by atoms with Crippen LogP contribution in [-0.2, 0) is 18.0 Å². The first-order valence-electron chi connectivity index (χ1n) is 14.2. The van der Waals surface area contributed by atoms with Crippen molar-refractivity contribution >= 4 is 11.8 Å². The lowest BCUT2D eigenvalue weighted by Gasteiger charge is -2.36. The largest absolute Gasteiger partial charge is 0.473 e. The summed E-state index contributed by atoms with van der Waals surface area (Å²) in [5, 5.41) is 0. The van der Waals surface area contributed by atoms with Crippen LogP contribution in [0.1, 0.15) is 31.9 Å². The molecule has 1 saturated heterocycles. The maximum absolute atomic E-state index is 15.7. The molecule has 3 aromatic carbocycles. The van der Waals surface area contributed by atoms with Gasteiger partial charge in [-0.15, -0.1) is 0 Å². The van der Waals surface area contributed by atoms with E-state index in [1.807, 2.05) is 86.3 Å². The Labute approximate surface area is 250 Å². The van der Waals surface area contributed by atoms with Crippen molar-refractivity contribution in [1.29, 1.82) is 0 Å². The average Bonchev–Trinajstić information content (AvgIpc) is 2.99. The molecule has 1 fully saturated rings. The number of carbonyl (C=O) groups excluding carboxylic acids is 1. The van der Waals surface area contributed by atoms with Crippen LogP contribution in [0.2, 0.25) is 0 Å². The van der Waals surface area contributed by atoms with E-state index in [4.69, 9.17) is 14.2 Å². The van der Waals surface area contributed by atoms with Crippen molar-refractivity contribution in [3.05, 3.63) is 108 Å². The van der Waals surface area contributed by atoms with Gasteiger partial charge in [-0.05, 0) is 50.1 Å². The van der Waals surface area contributed by atoms with E-state index in [0.717, 1.165) is 11.1 Å². The van der Waals surface area contributed by atoms with Gasteiger partial charge in [0.25, 0.3) is 0 Å². The van der Waals surface area contributed by atoms with Crippen molar-refractivity contribution in [3.63, 3.8) is 0 Å². The highest BCUT2D eigenvalue weighted by Crippen LogP contribution is 2.37. The van der Waals surface area contributed by atoms with E-state index < -0.39 is 23.3 Å². The number of piperazine rings is 1. The highest BCUT2D eigenvalue weighted by molar-refractivity contribution is 5.73. The van der Waals surface area contributed by atoms with Crippen LogP contribution < -0.4 is 14.4 Å². The quantitative estimate of drug-likeness (QED) is 0.217. The van der Waals surface area contributed by atoms with Crippen molar-refractivity contribution < 1.29 is 27.8 Å². The Morgan fingerprint density at radius 3 is 1.91 bits per heavy atom. The smallest absolute Gasteiger partial charge is 0.410 e. The van der Waals surface area contributed by atoms with Crippen LogP contribution in [0.15, 0.2) is 84.9 Å². The lowest BCUT2D eigenvalue weighted by molar-refractivity contribution is 0.0240. The zero-order chi connectivity index (χ0) is 30.4. The van der Waals surface area contributed by atoms with Gasteiger partial charge >= 0.3 is 6.09 Å². The minimum absolute atomic E-state index is 0.0611. The van der Waals surface area contributed by atoms with Crippen LogP contribution in [0.4, 0.5) is 19.3 Å². The lowest BCUT2D eigenvalue weighted by Crippen LogP contribution is -2.50. The van der Waals surface area contributed by atoms with E-state index in [1.54, 1.807) is 17.0 Å². The third-order valence-electron chi connectivity index (χ3n) is 6.88. The van der Waals surface area contributed by atoms with Gasteiger partial charge in [0.1, 0.15) is 30.4 Å². The van der Waals surface area contributed by atoms with Gasteiger partial charge in [0.05, 0.1) is 11.1 Å². The molecule has 1 aromatic heterocycles. The van der Waals surface area contributed by atoms with E-state index in [0.29, 0.717) is 31.9 Å². The molecule has 4 aromatic rings. The maximum atomic E-state index is 15.7. The fraction of sp³-hybridized carbons (Fsp3) is 0.294. The van der Waals surface area contributed by atoms with Crippen molar-refractivity contribution in [2.45, 2.75) is 39.6 Å². The third-order valence-corrected chi connectivity index (χ3v) is 6.88. The van der Waals surface area contributed by atoms with Gasteiger partial charge in [-0.1, -0.05) is 60.7 Å². The zero-order valence-corrected chi connectivity index (χ0v) is 24.6. The van der Waals surface area contributed by atoms with Gasteiger partial charge in [0.2, 0.25) is 11.8 Å². The molecule has 0 aliphatic carbocycles. The van der Waals surface area contributed by atoms with Crippen molar-refractivity contribution in [2.24, 2.45) is 0 Å². The summed E-state index contributed by atoms with van der Waals surface area (Å²) < 4.78 is 48.7. The normalized spacial score (nSPS) is 13.5. The number of aromatic nitrogens is 1. The molecule has 9 heteroatoms. The number of amides is 1. The molecule has 0 radical (unpaired) electrons. The number of benzene rings is 3. The fourth-order valence-electron chi connectivity index (χ4n) is 4.73. The zero-order valence-electron chi connectivity index (χ0n) is 24.6. The number of anilines is 1. The van der Waals surface area contributed by atoms with Crippen molar-refractivity contribution in [3.8, 4) is 22.9 Å². The Morgan fingerprint density at radius 2 is 1.35 bits per heavy atom. The Kier molecular flexibility index (Phi) is 9.09. The molecule has 2 heterocycles. The molecule has 0 saturated carbocycles. The predicted molar refractivity (Wildman–Crippen MR) is 161 cm³/mol. The van der Waals surface area contributed by atoms with Crippen LogP contribution in [0, 0.1) is 11.6 Å². The van der Waals surface area contributed by atoms with Gasteiger partial charge in [-0.3, -0.25) is 0 Å². The van der Waals surface area contributed by atoms with Crippen LogP contribution in [-0.4, -0.2) is 47.8 Å². The molecule has 43 heavy (non-hydrogen) atoms. The molecule has 0 N–H and O–H groups in total. The number of halogens is 2. The molecule has 0 bridgehead atoms. The Morgan fingerprint density at radius 1 is 0.791 bits per heavy atom. The predicted octanol–water partition coefficient (Wildman–Crippen LogP) is 7.24. The lowest BCUT2D eigenvalue weighted by atomic mass is 10.0. The topological polar surface area (TPSA) is 64.1 Å². The third kappa shape index (κ3) is 7.80. The first-order chi connectivity index (χ1) is 20.7. The second-order valence-electron chi connectivity index (χ2n) is 11.3.